The molecular weight excluding hydrogens is 216 g/mol. The predicted octanol–water partition coefficient (Wildman–Crippen LogP) is 1.75. The smallest absolute Gasteiger partial charge is 0.130 e. The molecule has 2 unspecified atom stereocenters. The van der Waals surface area contributed by atoms with Crippen LogP contribution in [0.3, 0.4) is 0 Å². The van der Waals surface area contributed by atoms with Gasteiger partial charge in [-0.25, -0.2) is 0 Å². The lowest BCUT2D eigenvalue weighted by atomic mass is 9.98. The monoisotopic (exact) mass is 238 g/mol. The summed E-state index contributed by atoms with van der Waals surface area (Å²) in [6, 6.07) is 3.80. The fourth-order valence-electron chi connectivity index (χ4n) is 2.01. The van der Waals surface area contributed by atoms with Crippen LogP contribution in [0.5, 0.6) is 11.5 Å². The number of hydrogen-bond donors (Lipinski definition) is 2. The molecule has 17 heavy (non-hydrogen) atoms. The number of benzene rings is 1. The van der Waals surface area contributed by atoms with E-state index < -0.39 is 0 Å². The number of ether oxygens (including phenoxy) is 2. The summed E-state index contributed by atoms with van der Waals surface area (Å²) in [5, 5.41) is 0. The van der Waals surface area contributed by atoms with Crippen LogP contribution >= 0.6 is 0 Å². The fraction of sp³-hybridized carbons (Fsp3) is 0.538. The second kappa shape index (κ2) is 5.89. The van der Waals surface area contributed by atoms with Gasteiger partial charge in [0.25, 0.3) is 0 Å². The minimum atomic E-state index is -0.116. The summed E-state index contributed by atoms with van der Waals surface area (Å²) in [7, 11) is 3.28. The van der Waals surface area contributed by atoms with Gasteiger partial charge in [-0.3, -0.25) is 0 Å². The Labute approximate surface area is 103 Å². The van der Waals surface area contributed by atoms with E-state index in [-0.39, 0.29) is 12.1 Å². The van der Waals surface area contributed by atoms with E-state index in [0.29, 0.717) is 0 Å². The third-order valence-corrected chi connectivity index (χ3v) is 2.84. The molecule has 1 aromatic carbocycles. The van der Waals surface area contributed by atoms with E-state index in [0.717, 1.165) is 29.0 Å². The Bertz CT molecular complexity index is 378. The molecule has 4 heteroatoms. The molecule has 0 aliphatic carbocycles. The van der Waals surface area contributed by atoms with Gasteiger partial charge in [0.15, 0.2) is 0 Å². The molecule has 0 fully saturated rings. The zero-order valence-corrected chi connectivity index (χ0v) is 11.0. The molecular formula is C13H22N2O2. The largest absolute Gasteiger partial charge is 0.496 e. The van der Waals surface area contributed by atoms with Gasteiger partial charge in [0.1, 0.15) is 11.5 Å². The van der Waals surface area contributed by atoms with Crippen LogP contribution in [-0.2, 0) is 0 Å². The molecule has 4 N–H and O–H groups in total. The Balaban J connectivity index is 3.11. The van der Waals surface area contributed by atoms with Crippen molar-refractivity contribution in [1.82, 2.24) is 0 Å². The van der Waals surface area contributed by atoms with Crippen LogP contribution in [0.15, 0.2) is 12.1 Å². The quantitative estimate of drug-likeness (QED) is 0.820. The van der Waals surface area contributed by atoms with Gasteiger partial charge in [0.05, 0.1) is 14.2 Å². The van der Waals surface area contributed by atoms with Crippen molar-refractivity contribution in [3.05, 3.63) is 23.3 Å². The molecule has 0 amide bonds. The van der Waals surface area contributed by atoms with Crippen molar-refractivity contribution in [2.75, 3.05) is 14.2 Å². The highest BCUT2D eigenvalue weighted by Crippen LogP contribution is 2.35. The lowest BCUT2D eigenvalue weighted by Crippen LogP contribution is -2.23. The molecule has 1 rings (SSSR count). The summed E-state index contributed by atoms with van der Waals surface area (Å²) in [6.07, 6.45) is 0.724. The van der Waals surface area contributed by atoms with E-state index in [1.54, 1.807) is 14.2 Å². The van der Waals surface area contributed by atoms with E-state index in [2.05, 4.69) is 0 Å². The SMILES string of the molecule is COc1ccc(C(N)CC(C)N)c(OC)c1C. The predicted molar refractivity (Wildman–Crippen MR) is 69.5 cm³/mol. The van der Waals surface area contributed by atoms with Crippen LogP contribution < -0.4 is 20.9 Å². The highest BCUT2D eigenvalue weighted by atomic mass is 16.5. The van der Waals surface area contributed by atoms with Gasteiger partial charge in [-0.05, 0) is 26.3 Å². The van der Waals surface area contributed by atoms with E-state index in [9.17, 15) is 0 Å². The third-order valence-electron chi connectivity index (χ3n) is 2.84. The Morgan fingerprint density at radius 3 is 2.29 bits per heavy atom. The highest BCUT2D eigenvalue weighted by Gasteiger charge is 2.17. The molecule has 0 saturated heterocycles. The van der Waals surface area contributed by atoms with Gasteiger partial charge in [-0.1, -0.05) is 6.07 Å². The summed E-state index contributed by atoms with van der Waals surface area (Å²) in [4.78, 5) is 0. The number of rotatable bonds is 5. The lowest BCUT2D eigenvalue weighted by molar-refractivity contribution is 0.381. The number of hydrogen-bond acceptors (Lipinski definition) is 4. The zero-order valence-electron chi connectivity index (χ0n) is 11.0. The summed E-state index contributed by atoms with van der Waals surface area (Å²) >= 11 is 0. The van der Waals surface area contributed by atoms with Crippen LogP contribution in [-0.4, -0.2) is 20.3 Å². The van der Waals surface area contributed by atoms with Crippen molar-refractivity contribution in [3.8, 4) is 11.5 Å². The first-order chi connectivity index (χ1) is 8.01. The van der Waals surface area contributed by atoms with Gasteiger partial charge in [-0.15, -0.1) is 0 Å². The topological polar surface area (TPSA) is 70.5 Å². The van der Waals surface area contributed by atoms with E-state index >= 15 is 0 Å². The Kier molecular flexibility index (Phi) is 4.78. The maximum Gasteiger partial charge on any atom is 0.130 e. The standard InChI is InChI=1S/C13H22N2O2/c1-8(14)7-11(15)10-5-6-12(16-3)9(2)13(10)17-4/h5-6,8,11H,7,14-15H2,1-4H3. The van der Waals surface area contributed by atoms with Crippen molar-refractivity contribution in [2.45, 2.75) is 32.4 Å². The molecule has 0 spiro atoms. The summed E-state index contributed by atoms with van der Waals surface area (Å²) in [5.74, 6) is 1.59. The number of nitrogens with two attached hydrogens (primary N) is 2. The molecule has 0 aromatic heterocycles. The first kappa shape index (κ1) is 13.8. The second-order valence-electron chi connectivity index (χ2n) is 4.33. The van der Waals surface area contributed by atoms with Gasteiger partial charge in [0, 0.05) is 23.2 Å². The molecule has 96 valence electrons. The van der Waals surface area contributed by atoms with Crippen LogP contribution in [0.1, 0.15) is 30.5 Å². The zero-order chi connectivity index (χ0) is 13.0. The lowest BCUT2D eigenvalue weighted by Gasteiger charge is -2.20. The average molecular weight is 238 g/mol. The first-order valence-electron chi connectivity index (χ1n) is 5.73. The molecule has 0 bridgehead atoms. The molecule has 4 nitrogen and oxygen atoms in total. The van der Waals surface area contributed by atoms with Gasteiger partial charge >= 0.3 is 0 Å². The molecule has 2 atom stereocenters. The van der Waals surface area contributed by atoms with E-state index in [4.69, 9.17) is 20.9 Å². The molecule has 0 aliphatic heterocycles. The van der Waals surface area contributed by atoms with Crippen molar-refractivity contribution in [3.63, 3.8) is 0 Å². The first-order valence-corrected chi connectivity index (χ1v) is 5.73. The Hall–Kier alpha value is -1.26. The van der Waals surface area contributed by atoms with E-state index in [1.165, 1.54) is 0 Å². The van der Waals surface area contributed by atoms with Crippen molar-refractivity contribution in [2.24, 2.45) is 11.5 Å². The molecule has 0 saturated carbocycles. The minimum absolute atomic E-state index is 0.0668. The number of methoxy groups -OCH3 is 2. The van der Waals surface area contributed by atoms with Crippen LogP contribution in [0.4, 0.5) is 0 Å². The van der Waals surface area contributed by atoms with Gasteiger partial charge < -0.3 is 20.9 Å². The maximum absolute atomic E-state index is 6.13. The van der Waals surface area contributed by atoms with Crippen LogP contribution in [0.2, 0.25) is 0 Å². The fourth-order valence-corrected chi connectivity index (χ4v) is 2.01. The normalized spacial score (nSPS) is 14.2. The molecule has 1 aromatic rings. The second-order valence-corrected chi connectivity index (χ2v) is 4.33. The Morgan fingerprint density at radius 2 is 1.82 bits per heavy atom. The molecule has 0 aliphatic rings. The van der Waals surface area contributed by atoms with Crippen molar-refractivity contribution >= 4 is 0 Å². The average Bonchev–Trinajstić information content (AvgIpc) is 2.27. The van der Waals surface area contributed by atoms with Gasteiger partial charge in [-0.2, -0.15) is 0 Å². The van der Waals surface area contributed by atoms with Crippen molar-refractivity contribution in [1.29, 1.82) is 0 Å². The van der Waals surface area contributed by atoms with Crippen molar-refractivity contribution < 1.29 is 9.47 Å². The molecule has 0 radical (unpaired) electrons. The van der Waals surface area contributed by atoms with Crippen LogP contribution in [0.25, 0.3) is 0 Å². The van der Waals surface area contributed by atoms with Crippen LogP contribution in [0, 0.1) is 6.92 Å². The summed E-state index contributed by atoms with van der Waals surface area (Å²) in [5.41, 5.74) is 13.8. The Morgan fingerprint density at radius 1 is 1.18 bits per heavy atom. The van der Waals surface area contributed by atoms with Gasteiger partial charge in [0.2, 0.25) is 0 Å². The minimum Gasteiger partial charge on any atom is -0.496 e. The third kappa shape index (κ3) is 3.11. The summed E-state index contributed by atoms with van der Waals surface area (Å²) < 4.78 is 10.7. The molecule has 0 heterocycles. The highest BCUT2D eigenvalue weighted by molar-refractivity contribution is 5.50. The maximum atomic E-state index is 6.13. The summed E-state index contributed by atoms with van der Waals surface area (Å²) in [6.45, 7) is 3.91. The van der Waals surface area contributed by atoms with E-state index in [1.807, 2.05) is 26.0 Å².